The number of nitriles is 1. The number of aromatic nitrogens is 1. The van der Waals surface area contributed by atoms with Gasteiger partial charge in [0.1, 0.15) is 0 Å². The lowest BCUT2D eigenvalue weighted by Crippen LogP contribution is -1.90. The predicted octanol–water partition coefficient (Wildman–Crippen LogP) is 4.36. The maximum atomic E-state index is 9.08. The number of methoxy groups -OCH3 is 2. The first-order chi connectivity index (χ1) is 11.2. The predicted molar refractivity (Wildman–Crippen MR) is 91.1 cm³/mol. The van der Waals surface area contributed by atoms with Gasteiger partial charge in [0, 0.05) is 21.7 Å². The molecule has 0 aliphatic heterocycles. The maximum absolute atomic E-state index is 9.08. The average molecular weight is 302 g/mol. The lowest BCUT2D eigenvalue weighted by molar-refractivity contribution is 0.356. The Hall–Kier alpha value is -3.19. The normalized spacial score (nSPS) is 11.0. The fraction of sp³-hybridized carbons (Fsp3) is 0.105. The number of fused-ring (bicyclic) bond motifs is 5. The number of ether oxygens (including phenoxy) is 2. The highest BCUT2D eigenvalue weighted by molar-refractivity contribution is 6.17. The molecular weight excluding hydrogens is 288 g/mol. The van der Waals surface area contributed by atoms with E-state index in [4.69, 9.17) is 14.7 Å². The van der Waals surface area contributed by atoms with Crippen LogP contribution in [0.2, 0.25) is 0 Å². The zero-order valence-electron chi connectivity index (χ0n) is 12.8. The third-order valence-electron chi connectivity index (χ3n) is 4.22. The third-order valence-corrected chi connectivity index (χ3v) is 4.22. The van der Waals surface area contributed by atoms with Gasteiger partial charge in [-0.25, -0.2) is 0 Å². The van der Waals surface area contributed by atoms with Crippen molar-refractivity contribution < 1.29 is 9.47 Å². The number of rotatable bonds is 2. The molecule has 0 aliphatic carbocycles. The molecule has 0 saturated carbocycles. The Bertz CT molecular complexity index is 1100. The van der Waals surface area contributed by atoms with Crippen LogP contribution in [0.5, 0.6) is 11.5 Å². The van der Waals surface area contributed by atoms with E-state index in [-0.39, 0.29) is 0 Å². The van der Waals surface area contributed by atoms with Crippen LogP contribution in [0, 0.1) is 11.3 Å². The Kier molecular flexibility index (Phi) is 2.88. The van der Waals surface area contributed by atoms with Gasteiger partial charge in [-0.2, -0.15) is 5.26 Å². The highest BCUT2D eigenvalue weighted by Crippen LogP contribution is 2.37. The first-order valence-electron chi connectivity index (χ1n) is 7.25. The molecular formula is C19H14N2O2. The first kappa shape index (κ1) is 13.5. The number of nitrogens with one attached hydrogen (secondary N) is 1. The summed E-state index contributed by atoms with van der Waals surface area (Å²) in [7, 11) is 3.27. The van der Waals surface area contributed by atoms with Crippen LogP contribution in [0.1, 0.15) is 5.56 Å². The monoisotopic (exact) mass is 302 g/mol. The first-order valence-corrected chi connectivity index (χ1v) is 7.25. The Morgan fingerprint density at radius 1 is 0.870 bits per heavy atom. The molecule has 4 aromatic rings. The molecule has 4 heteroatoms. The van der Waals surface area contributed by atoms with E-state index in [1.165, 1.54) is 0 Å². The minimum atomic E-state index is 0.646. The summed E-state index contributed by atoms with van der Waals surface area (Å²) >= 11 is 0. The molecule has 1 heterocycles. The van der Waals surface area contributed by atoms with Gasteiger partial charge in [-0.05, 0) is 29.7 Å². The molecule has 0 radical (unpaired) electrons. The molecule has 4 nitrogen and oxygen atoms in total. The molecule has 0 fully saturated rings. The molecule has 0 aliphatic rings. The lowest BCUT2D eigenvalue weighted by atomic mass is 10.0. The van der Waals surface area contributed by atoms with Gasteiger partial charge in [-0.1, -0.05) is 18.2 Å². The van der Waals surface area contributed by atoms with Crippen LogP contribution >= 0.6 is 0 Å². The van der Waals surface area contributed by atoms with E-state index >= 15 is 0 Å². The van der Waals surface area contributed by atoms with E-state index in [2.05, 4.69) is 23.2 Å². The quantitative estimate of drug-likeness (QED) is 0.598. The molecule has 0 spiro atoms. The molecule has 4 rings (SSSR count). The third kappa shape index (κ3) is 1.91. The SMILES string of the molecule is COc1cc2ccc3c4ccc(C#N)cc4[nH]c3c2cc1OC. The Balaban J connectivity index is 2.13. The van der Waals surface area contributed by atoms with Crippen molar-refractivity contribution in [3.05, 3.63) is 48.0 Å². The number of H-pyrrole nitrogens is 1. The molecule has 0 unspecified atom stereocenters. The van der Waals surface area contributed by atoms with Gasteiger partial charge >= 0.3 is 0 Å². The summed E-state index contributed by atoms with van der Waals surface area (Å²) in [6.45, 7) is 0. The van der Waals surface area contributed by atoms with E-state index in [0.29, 0.717) is 17.1 Å². The van der Waals surface area contributed by atoms with E-state index in [1.54, 1.807) is 14.2 Å². The lowest BCUT2D eigenvalue weighted by Gasteiger charge is -2.09. The number of hydrogen-bond acceptors (Lipinski definition) is 3. The summed E-state index contributed by atoms with van der Waals surface area (Å²) in [5.41, 5.74) is 2.64. The zero-order valence-corrected chi connectivity index (χ0v) is 12.8. The van der Waals surface area contributed by atoms with Crippen molar-refractivity contribution in [1.29, 1.82) is 5.26 Å². The van der Waals surface area contributed by atoms with Crippen LogP contribution in [0.3, 0.4) is 0 Å². The van der Waals surface area contributed by atoms with Crippen molar-refractivity contribution in [3.63, 3.8) is 0 Å². The van der Waals surface area contributed by atoms with Crippen molar-refractivity contribution in [2.24, 2.45) is 0 Å². The van der Waals surface area contributed by atoms with Crippen LogP contribution in [-0.4, -0.2) is 19.2 Å². The van der Waals surface area contributed by atoms with Crippen molar-refractivity contribution >= 4 is 32.6 Å². The Morgan fingerprint density at radius 2 is 1.61 bits per heavy atom. The van der Waals surface area contributed by atoms with Crippen LogP contribution < -0.4 is 9.47 Å². The second kappa shape index (κ2) is 4.92. The topological polar surface area (TPSA) is 58.0 Å². The van der Waals surface area contributed by atoms with Gasteiger partial charge < -0.3 is 14.5 Å². The zero-order chi connectivity index (χ0) is 16.0. The summed E-state index contributed by atoms with van der Waals surface area (Å²) in [6, 6.07) is 16.0. The Labute approximate surface area is 132 Å². The minimum Gasteiger partial charge on any atom is -0.493 e. The fourth-order valence-electron chi connectivity index (χ4n) is 3.10. The standard InChI is InChI=1S/C19H14N2O2/c1-22-17-8-12-4-6-14-13-5-3-11(10-20)7-16(13)21-19(14)15(12)9-18(17)23-2/h3-9,21H,1-2H3. The molecule has 0 atom stereocenters. The molecule has 1 aromatic heterocycles. The summed E-state index contributed by atoms with van der Waals surface area (Å²) < 4.78 is 10.8. The van der Waals surface area contributed by atoms with E-state index in [0.717, 1.165) is 32.6 Å². The number of nitrogens with zero attached hydrogens (tertiary/aromatic N) is 1. The van der Waals surface area contributed by atoms with Crippen molar-refractivity contribution in [2.75, 3.05) is 14.2 Å². The molecule has 23 heavy (non-hydrogen) atoms. The molecule has 3 aromatic carbocycles. The minimum absolute atomic E-state index is 0.646. The van der Waals surface area contributed by atoms with Gasteiger partial charge in [0.2, 0.25) is 0 Å². The van der Waals surface area contributed by atoms with Crippen LogP contribution in [-0.2, 0) is 0 Å². The number of benzene rings is 3. The van der Waals surface area contributed by atoms with Crippen LogP contribution in [0.15, 0.2) is 42.5 Å². The van der Waals surface area contributed by atoms with Gasteiger partial charge in [0.15, 0.2) is 11.5 Å². The van der Waals surface area contributed by atoms with Gasteiger partial charge in [0.05, 0.1) is 31.4 Å². The van der Waals surface area contributed by atoms with Crippen LogP contribution in [0.25, 0.3) is 32.6 Å². The maximum Gasteiger partial charge on any atom is 0.161 e. The highest BCUT2D eigenvalue weighted by atomic mass is 16.5. The second-order valence-corrected chi connectivity index (χ2v) is 5.41. The number of aromatic amines is 1. The smallest absolute Gasteiger partial charge is 0.161 e. The molecule has 0 saturated heterocycles. The molecule has 0 amide bonds. The van der Waals surface area contributed by atoms with E-state index < -0.39 is 0 Å². The second-order valence-electron chi connectivity index (χ2n) is 5.41. The molecule has 0 bridgehead atoms. The van der Waals surface area contributed by atoms with Gasteiger partial charge in [-0.3, -0.25) is 0 Å². The Morgan fingerprint density at radius 3 is 2.35 bits per heavy atom. The van der Waals surface area contributed by atoms with Crippen molar-refractivity contribution in [2.45, 2.75) is 0 Å². The van der Waals surface area contributed by atoms with E-state index in [1.807, 2.05) is 30.3 Å². The van der Waals surface area contributed by atoms with Gasteiger partial charge in [0.25, 0.3) is 0 Å². The van der Waals surface area contributed by atoms with Gasteiger partial charge in [-0.15, -0.1) is 0 Å². The van der Waals surface area contributed by atoms with Crippen LogP contribution in [0.4, 0.5) is 0 Å². The number of hydrogen-bond donors (Lipinski definition) is 1. The summed E-state index contributed by atoms with van der Waals surface area (Å²) in [6.07, 6.45) is 0. The molecule has 1 N–H and O–H groups in total. The average Bonchev–Trinajstić information content (AvgIpc) is 2.98. The summed E-state index contributed by atoms with van der Waals surface area (Å²) in [4.78, 5) is 3.44. The van der Waals surface area contributed by atoms with Crippen molar-refractivity contribution in [3.8, 4) is 17.6 Å². The van der Waals surface area contributed by atoms with E-state index in [9.17, 15) is 0 Å². The van der Waals surface area contributed by atoms with Crippen molar-refractivity contribution in [1.82, 2.24) is 4.98 Å². The summed E-state index contributed by atoms with van der Waals surface area (Å²) in [5, 5.41) is 13.4. The highest BCUT2D eigenvalue weighted by Gasteiger charge is 2.12. The summed E-state index contributed by atoms with van der Waals surface area (Å²) in [5.74, 6) is 1.41. The largest absolute Gasteiger partial charge is 0.493 e. The molecule has 112 valence electrons. The fourth-order valence-corrected chi connectivity index (χ4v) is 3.10.